The first-order valence-electron chi connectivity index (χ1n) is 5.72. The molecule has 1 rings (SSSR count). The van der Waals surface area contributed by atoms with Crippen molar-refractivity contribution in [2.24, 2.45) is 5.73 Å². The van der Waals surface area contributed by atoms with Crippen molar-refractivity contribution in [2.75, 3.05) is 26.8 Å². The van der Waals surface area contributed by atoms with Gasteiger partial charge in [0, 0.05) is 26.6 Å². The van der Waals surface area contributed by atoms with Gasteiger partial charge in [-0.3, -0.25) is 4.79 Å². The molecule has 104 valence electrons. The molecule has 2 N–H and O–H groups in total. The van der Waals surface area contributed by atoms with Crippen LogP contribution in [-0.2, 0) is 4.74 Å². The van der Waals surface area contributed by atoms with Crippen molar-refractivity contribution >= 4 is 23.1 Å². The van der Waals surface area contributed by atoms with Gasteiger partial charge >= 0.3 is 0 Å². The monoisotopic (exact) mass is 285 g/mol. The molecule has 1 amide bonds. The number of thiocarbonyl (C=S) groups is 1. The summed E-state index contributed by atoms with van der Waals surface area (Å²) in [5.74, 6) is -0.781. The quantitative estimate of drug-likeness (QED) is 0.757. The fourth-order valence-corrected chi connectivity index (χ4v) is 1.52. The smallest absolute Gasteiger partial charge is 0.272 e. The average Bonchev–Trinajstić information content (AvgIpc) is 2.39. The van der Waals surface area contributed by atoms with Crippen LogP contribution >= 0.6 is 12.2 Å². The molecule has 5 nitrogen and oxygen atoms in total. The van der Waals surface area contributed by atoms with Crippen molar-refractivity contribution in [1.82, 2.24) is 9.88 Å². The van der Waals surface area contributed by atoms with Crippen LogP contribution in [0.2, 0.25) is 0 Å². The SMILES string of the molecule is COCCN(CCC(N)=S)C(=O)c1ccc(F)cn1. The van der Waals surface area contributed by atoms with Crippen molar-refractivity contribution < 1.29 is 13.9 Å². The number of nitrogens with zero attached hydrogens (tertiary/aromatic N) is 2. The fraction of sp³-hybridized carbons (Fsp3) is 0.417. The second kappa shape index (κ2) is 7.75. The third kappa shape index (κ3) is 5.27. The second-order valence-electron chi connectivity index (χ2n) is 3.86. The Morgan fingerprint density at radius 2 is 2.26 bits per heavy atom. The van der Waals surface area contributed by atoms with E-state index < -0.39 is 5.82 Å². The molecule has 19 heavy (non-hydrogen) atoms. The van der Waals surface area contributed by atoms with Gasteiger partial charge in [-0.1, -0.05) is 12.2 Å². The van der Waals surface area contributed by atoms with Gasteiger partial charge in [-0.05, 0) is 12.1 Å². The summed E-state index contributed by atoms with van der Waals surface area (Å²) in [4.78, 5) is 17.8. The molecule has 0 atom stereocenters. The van der Waals surface area contributed by atoms with Crippen molar-refractivity contribution in [3.8, 4) is 0 Å². The molecule has 1 aromatic rings. The zero-order valence-corrected chi connectivity index (χ0v) is 11.5. The van der Waals surface area contributed by atoms with E-state index in [-0.39, 0.29) is 11.6 Å². The predicted octanol–water partition coefficient (Wildman–Crippen LogP) is 0.986. The van der Waals surface area contributed by atoms with E-state index in [1.165, 1.54) is 17.0 Å². The minimum absolute atomic E-state index is 0.181. The van der Waals surface area contributed by atoms with Gasteiger partial charge in [-0.15, -0.1) is 0 Å². The number of hydrogen-bond acceptors (Lipinski definition) is 4. The van der Waals surface area contributed by atoms with E-state index in [1.807, 2.05) is 0 Å². The summed E-state index contributed by atoms with van der Waals surface area (Å²) in [6.07, 6.45) is 1.43. The molecule has 1 aromatic heterocycles. The normalized spacial score (nSPS) is 10.2. The van der Waals surface area contributed by atoms with Gasteiger partial charge in [-0.2, -0.15) is 0 Å². The van der Waals surface area contributed by atoms with E-state index in [0.29, 0.717) is 31.1 Å². The highest BCUT2D eigenvalue weighted by molar-refractivity contribution is 7.80. The highest BCUT2D eigenvalue weighted by Gasteiger charge is 2.16. The maximum atomic E-state index is 12.8. The number of pyridine rings is 1. The fourth-order valence-electron chi connectivity index (χ4n) is 1.43. The first-order valence-corrected chi connectivity index (χ1v) is 6.13. The van der Waals surface area contributed by atoms with Gasteiger partial charge in [0.1, 0.15) is 11.5 Å². The Bertz CT molecular complexity index is 439. The van der Waals surface area contributed by atoms with Gasteiger partial charge in [0.25, 0.3) is 5.91 Å². The third-order valence-electron chi connectivity index (χ3n) is 2.43. The minimum atomic E-state index is -0.483. The molecule has 7 heteroatoms. The lowest BCUT2D eigenvalue weighted by atomic mass is 10.3. The number of nitrogens with two attached hydrogens (primary N) is 1. The number of aromatic nitrogens is 1. The zero-order valence-electron chi connectivity index (χ0n) is 10.6. The maximum absolute atomic E-state index is 12.8. The van der Waals surface area contributed by atoms with Crippen molar-refractivity contribution in [3.05, 3.63) is 29.8 Å². The number of rotatable bonds is 7. The van der Waals surface area contributed by atoms with Gasteiger partial charge in [0.2, 0.25) is 0 Å². The number of carbonyl (C=O) groups excluding carboxylic acids is 1. The van der Waals surface area contributed by atoms with Crippen molar-refractivity contribution in [2.45, 2.75) is 6.42 Å². The lowest BCUT2D eigenvalue weighted by molar-refractivity contribution is 0.0695. The Hall–Kier alpha value is -1.60. The predicted molar refractivity (Wildman–Crippen MR) is 73.4 cm³/mol. The number of ether oxygens (including phenoxy) is 1. The molecule has 0 spiro atoms. The first kappa shape index (κ1) is 15.5. The van der Waals surface area contributed by atoms with E-state index in [4.69, 9.17) is 22.7 Å². The highest BCUT2D eigenvalue weighted by atomic mass is 32.1. The van der Waals surface area contributed by atoms with Gasteiger partial charge in [0.15, 0.2) is 0 Å². The van der Waals surface area contributed by atoms with E-state index in [0.717, 1.165) is 6.20 Å². The van der Waals surface area contributed by atoms with E-state index in [9.17, 15) is 9.18 Å². The molecule has 0 radical (unpaired) electrons. The molecule has 0 fully saturated rings. The van der Waals surface area contributed by atoms with Gasteiger partial charge in [-0.25, -0.2) is 9.37 Å². The molecule has 0 aliphatic carbocycles. The van der Waals surface area contributed by atoms with Crippen LogP contribution in [0, 0.1) is 5.82 Å². The second-order valence-corrected chi connectivity index (χ2v) is 4.39. The number of hydrogen-bond donors (Lipinski definition) is 1. The Morgan fingerprint density at radius 1 is 1.53 bits per heavy atom. The summed E-state index contributed by atoms with van der Waals surface area (Å²) in [5.41, 5.74) is 5.61. The summed E-state index contributed by atoms with van der Waals surface area (Å²) in [6, 6.07) is 2.54. The largest absolute Gasteiger partial charge is 0.393 e. The van der Waals surface area contributed by atoms with Crippen LogP contribution in [0.4, 0.5) is 4.39 Å². The van der Waals surface area contributed by atoms with Crippen molar-refractivity contribution in [3.63, 3.8) is 0 Å². The van der Waals surface area contributed by atoms with Crippen LogP contribution < -0.4 is 5.73 Å². The molecule has 0 saturated carbocycles. The van der Waals surface area contributed by atoms with E-state index in [2.05, 4.69) is 4.98 Å². The first-order chi connectivity index (χ1) is 9.04. The maximum Gasteiger partial charge on any atom is 0.272 e. The van der Waals surface area contributed by atoms with Crippen LogP contribution in [0.3, 0.4) is 0 Å². The summed E-state index contributed by atoms with van der Waals surface area (Å²) in [5, 5.41) is 0. The van der Waals surface area contributed by atoms with Crippen LogP contribution in [0.15, 0.2) is 18.3 Å². The Kier molecular flexibility index (Phi) is 6.31. The van der Waals surface area contributed by atoms with Crippen LogP contribution in [0.25, 0.3) is 0 Å². The molecule has 0 bridgehead atoms. The molecule has 0 aliphatic rings. The number of halogens is 1. The molecular weight excluding hydrogens is 269 g/mol. The summed E-state index contributed by atoms with van der Waals surface area (Å²) >= 11 is 4.79. The standard InChI is InChI=1S/C12H16FN3O2S/c1-18-7-6-16(5-4-11(14)19)12(17)10-3-2-9(13)8-15-10/h2-3,8H,4-7H2,1H3,(H2,14,19). The van der Waals surface area contributed by atoms with Gasteiger partial charge in [0.05, 0.1) is 17.8 Å². The molecule has 0 unspecified atom stereocenters. The Labute approximate surface area is 116 Å². The lowest BCUT2D eigenvalue weighted by Gasteiger charge is -2.21. The van der Waals surface area contributed by atoms with E-state index >= 15 is 0 Å². The van der Waals surface area contributed by atoms with E-state index in [1.54, 1.807) is 7.11 Å². The third-order valence-corrected chi connectivity index (χ3v) is 2.63. The number of amides is 1. The Morgan fingerprint density at radius 3 is 2.79 bits per heavy atom. The Balaban J connectivity index is 2.74. The lowest BCUT2D eigenvalue weighted by Crippen LogP contribution is -2.36. The van der Waals surface area contributed by atoms with Crippen LogP contribution in [-0.4, -0.2) is 47.6 Å². The molecule has 0 aliphatic heterocycles. The molecule has 1 heterocycles. The zero-order chi connectivity index (χ0) is 14.3. The number of carbonyl (C=O) groups is 1. The topological polar surface area (TPSA) is 68.5 Å². The molecule has 0 aromatic carbocycles. The van der Waals surface area contributed by atoms with Crippen molar-refractivity contribution in [1.29, 1.82) is 0 Å². The van der Waals surface area contributed by atoms with Crippen LogP contribution in [0.5, 0.6) is 0 Å². The highest BCUT2D eigenvalue weighted by Crippen LogP contribution is 2.04. The number of methoxy groups -OCH3 is 1. The minimum Gasteiger partial charge on any atom is -0.393 e. The average molecular weight is 285 g/mol. The molecule has 0 saturated heterocycles. The summed E-state index contributed by atoms with van der Waals surface area (Å²) in [7, 11) is 1.55. The molecular formula is C12H16FN3O2S. The summed E-state index contributed by atoms with van der Waals surface area (Å²) < 4.78 is 17.7. The van der Waals surface area contributed by atoms with Crippen LogP contribution in [0.1, 0.15) is 16.9 Å². The van der Waals surface area contributed by atoms with Gasteiger partial charge < -0.3 is 15.4 Å². The summed E-state index contributed by atoms with van der Waals surface area (Å²) in [6.45, 7) is 1.18.